The minimum atomic E-state index is -0.0515. The molecule has 5 aromatic carbocycles. The van der Waals surface area contributed by atoms with E-state index >= 15 is 0 Å². The van der Waals surface area contributed by atoms with Crippen LogP contribution in [0.15, 0.2) is 127 Å². The quantitative estimate of drug-likeness (QED) is 0.307. The first kappa shape index (κ1) is 18.8. The number of hydrogen-bond acceptors (Lipinski definition) is 1. The average Bonchev–Trinajstić information content (AvgIpc) is 2.86. The van der Waals surface area contributed by atoms with Crippen molar-refractivity contribution >= 4 is 28.1 Å². The van der Waals surface area contributed by atoms with Gasteiger partial charge in [0.05, 0.1) is 5.69 Å². The molecule has 0 aliphatic heterocycles. The van der Waals surface area contributed by atoms with Crippen LogP contribution >= 0.6 is 0 Å². The highest BCUT2D eigenvalue weighted by atomic mass is 16.2. The van der Waals surface area contributed by atoms with Crippen molar-refractivity contribution in [3.05, 3.63) is 133 Å². The largest absolute Gasteiger partial charge is 0.276 e. The van der Waals surface area contributed by atoms with Gasteiger partial charge in [0, 0.05) is 16.6 Å². The van der Waals surface area contributed by atoms with Crippen LogP contribution in [0.1, 0.15) is 10.4 Å². The van der Waals surface area contributed by atoms with Crippen LogP contribution in [0.3, 0.4) is 0 Å². The number of carbonyl (C=O) groups is 1. The van der Waals surface area contributed by atoms with Gasteiger partial charge in [-0.3, -0.25) is 9.69 Å². The molecule has 0 aromatic heterocycles. The van der Waals surface area contributed by atoms with Crippen LogP contribution in [-0.4, -0.2) is 5.91 Å². The summed E-state index contributed by atoms with van der Waals surface area (Å²) in [4.78, 5) is 15.5. The minimum absolute atomic E-state index is 0.0515. The second-order valence-corrected chi connectivity index (χ2v) is 7.42. The summed E-state index contributed by atoms with van der Waals surface area (Å²) in [5.74, 6) is -0.0515. The van der Waals surface area contributed by atoms with Gasteiger partial charge < -0.3 is 0 Å². The van der Waals surface area contributed by atoms with Crippen molar-refractivity contribution in [1.29, 1.82) is 0 Å². The normalized spacial score (nSPS) is 10.7. The summed E-state index contributed by atoms with van der Waals surface area (Å²) in [5.41, 5.74) is 4.64. The number of fused-ring (bicyclic) bond motifs is 1. The van der Waals surface area contributed by atoms with Crippen molar-refractivity contribution in [2.24, 2.45) is 0 Å². The Hall–Kier alpha value is -4.17. The molecule has 5 rings (SSSR count). The molecule has 148 valence electrons. The molecule has 31 heavy (non-hydrogen) atoms. The fourth-order valence-electron chi connectivity index (χ4n) is 3.91. The maximum atomic E-state index is 13.7. The Kier molecular flexibility index (Phi) is 5.04. The monoisotopic (exact) mass is 399 g/mol. The number of carbonyl (C=O) groups excluding carboxylic acids is 1. The van der Waals surface area contributed by atoms with Crippen LogP contribution in [0.4, 0.5) is 11.4 Å². The lowest BCUT2D eigenvalue weighted by Gasteiger charge is -2.25. The van der Waals surface area contributed by atoms with Gasteiger partial charge in [-0.15, -0.1) is 0 Å². The SMILES string of the molecule is O=C(c1ccccc1)N(c1ccc(-c2ccccc2)cc1)c1cccc2ccccc12. The summed E-state index contributed by atoms with van der Waals surface area (Å²) in [6, 6.07) is 42.1. The van der Waals surface area contributed by atoms with Crippen LogP contribution in [0, 0.1) is 0 Å². The number of amides is 1. The Morgan fingerprint density at radius 1 is 0.516 bits per heavy atom. The second kappa shape index (κ2) is 8.29. The summed E-state index contributed by atoms with van der Waals surface area (Å²) in [6.07, 6.45) is 0. The number of hydrogen-bond donors (Lipinski definition) is 0. The Balaban J connectivity index is 1.65. The molecular weight excluding hydrogens is 378 g/mol. The van der Waals surface area contributed by atoms with E-state index in [1.54, 1.807) is 0 Å². The average molecular weight is 399 g/mol. The third-order valence-electron chi connectivity index (χ3n) is 5.46. The fraction of sp³-hybridized carbons (Fsp3) is 0. The molecule has 0 radical (unpaired) electrons. The first-order chi connectivity index (χ1) is 15.3. The maximum Gasteiger partial charge on any atom is 0.262 e. The van der Waals surface area contributed by atoms with Gasteiger partial charge in [-0.1, -0.05) is 97.1 Å². The molecule has 0 saturated carbocycles. The molecule has 1 amide bonds. The molecule has 0 N–H and O–H groups in total. The molecular formula is C29H21NO. The highest BCUT2D eigenvalue weighted by Gasteiger charge is 2.21. The van der Waals surface area contributed by atoms with E-state index < -0.39 is 0 Å². The number of rotatable bonds is 4. The molecule has 0 atom stereocenters. The first-order valence-electron chi connectivity index (χ1n) is 10.3. The lowest BCUT2D eigenvalue weighted by Crippen LogP contribution is -2.26. The van der Waals surface area contributed by atoms with Crippen molar-refractivity contribution in [2.45, 2.75) is 0 Å². The van der Waals surface area contributed by atoms with Crippen molar-refractivity contribution in [3.8, 4) is 11.1 Å². The molecule has 0 aliphatic carbocycles. The summed E-state index contributed by atoms with van der Waals surface area (Å²) in [5, 5.41) is 2.15. The Morgan fingerprint density at radius 2 is 1.10 bits per heavy atom. The van der Waals surface area contributed by atoms with Crippen LogP contribution in [-0.2, 0) is 0 Å². The molecule has 2 heteroatoms. The molecule has 0 fully saturated rings. The van der Waals surface area contributed by atoms with Gasteiger partial charge in [0.25, 0.3) is 5.91 Å². The van der Waals surface area contributed by atoms with Gasteiger partial charge in [0.15, 0.2) is 0 Å². The smallest absolute Gasteiger partial charge is 0.262 e. The molecule has 0 unspecified atom stereocenters. The molecule has 5 aromatic rings. The number of benzene rings is 5. The number of nitrogens with zero attached hydrogens (tertiary/aromatic N) is 1. The van der Waals surface area contributed by atoms with E-state index in [1.165, 1.54) is 0 Å². The number of anilines is 2. The topological polar surface area (TPSA) is 20.3 Å². The lowest BCUT2D eigenvalue weighted by molar-refractivity contribution is 0.0999. The fourth-order valence-corrected chi connectivity index (χ4v) is 3.91. The summed E-state index contributed by atoms with van der Waals surface area (Å²) in [7, 11) is 0. The second-order valence-electron chi connectivity index (χ2n) is 7.42. The first-order valence-corrected chi connectivity index (χ1v) is 10.3. The van der Waals surface area contributed by atoms with Crippen LogP contribution < -0.4 is 4.90 Å². The molecule has 2 nitrogen and oxygen atoms in total. The predicted molar refractivity (Wildman–Crippen MR) is 129 cm³/mol. The zero-order chi connectivity index (χ0) is 21.0. The van der Waals surface area contributed by atoms with Crippen molar-refractivity contribution < 1.29 is 4.79 Å². The van der Waals surface area contributed by atoms with Crippen LogP contribution in [0.5, 0.6) is 0 Å². The van der Waals surface area contributed by atoms with Gasteiger partial charge >= 0.3 is 0 Å². The van der Waals surface area contributed by atoms with Gasteiger partial charge in [0.1, 0.15) is 0 Å². The van der Waals surface area contributed by atoms with E-state index in [0.717, 1.165) is 33.3 Å². The Bertz CT molecular complexity index is 1320. The van der Waals surface area contributed by atoms with Crippen molar-refractivity contribution in [2.75, 3.05) is 4.90 Å². The molecule has 0 spiro atoms. The van der Waals surface area contributed by atoms with E-state index in [1.807, 2.05) is 89.8 Å². The highest BCUT2D eigenvalue weighted by Crippen LogP contribution is 2.34. The molecule has 0 aliphatic rings. The van der Waals surface area contributed by atoms with Gasteiger partial charge in [0.2, 0.25) is 0 Å². The van der Waals surface area contributed by atoms with Gasteiger partial charge in [-0.05, 0) is 46.8 Å². The van der Waals surface area contributed by atoms with E-state index in [2.05, 4.69) is 42.5 Å². The predicted octanol–water partition coefficient (Wildman–Crippen LogP) is 7.49. The summed E-state index contributed by atoms with van der Waals surface area (Å²) >= 11 is 0. The summed E-state index contributed by atoms with van der Waals surface area (Å²) < 4.78 is 0. The zero-order valence-electron chi connectivity index (χ0n) is 17.0. The minimum Gasteiger partial charge on any atom is -0.276 e. The molecule has 0 saturated heterocycles. The van der Waals surface area contributed by atoms with E-state index in [4.69, 9.17) is 0 Å². The molecule has 0 bridgehead atoms. The van der Waals surface area contributed by atoms with Crippen LogP contribution in [0.25, 0.3) is 21.9 Å². The zero-order valence-corrected chi connectivity index (χ0v) is 17.0. The van der Waals surface area contributed by atoms with E-state index in [9.17, 15) is 4.79 Å². The maximum absolute atomic E-state index is 13.7. The Labute approximate surface area is 182 Å². The van der Waals surface area contributed by atoms with Crippen molar-refractivity contribution in [1.82, 2.24) is 0 Å². The van der Waals surface area contributed by atoms with Gasteiger partial charge in [-0.2, -0.15) is 0 Å². The lowest BCUT2D eigenvalue weighted by atomic mass is 10.0. The van der Waals surface area contributed by atoms with E-state index in [-0.39, 0.29) is 5.91 Å². The van der Waals surface area contributed by atoms with Crippen LogP contribution in [0.2, 0.25) is 0 Å². The highest BCUT2D eigenvalue weighted by molar-refractivity contribution is 6.15. The molecule has 0 heterocycles. The Morgan fingerprint density at radius 3 is 1.84 bits per heavy atom. The standard InChI is InChI=1S/C29H21NO/c31-29(25-13-5-2-6-14-25)30(28-17-9-15-24-12-7-8-16-27(24)28)26-20-18-23(19-21-26)22-10-3-1-4-11-22/h1-21H. The van der Waals surface area contributed by atoms with Gasteiger partial charge in [-0.25, -0.2) is 0 Å². The third kappa shape index (κ3) is 3.72. The van der Waals surface area contributed by atoms with Crippen molar-refractivity contribution in [3.63, 3.8) is 0 Å². The third-order valence-corrected chi connectivity index (χ3v) is 5.46. The van der Waals surface area contributed by atoms with E-state index in [0.29, 0.717) is 5.56 Å². The summed E-state index contributed by atoms with van der Waals surface area (Å²) in [6.45, 7) is 0.